The number of benzene rings is 2. The molecule has 2 rings (SSSR count). The molecule has 2 aromatic carbocycles. The van der Waals surface area contributed by atoms with Gasteiger partial charge in [0.2, 0.25) is 5.91 Å². The molecule has 0 saturated carbocycles. The van der Waals surface area contributed by atoms with E-state index >= 15 is 0 Å². The summed E-state index contributed by atoms with van der Waals surface area (Å²) in [5.41, 5.74) is 0.320. The van der Waals surface area contributed by atoms with Gasteiger partial charge in [-0.15, -0.1) is 0 Å². The van der Waals surface area contributed by atoms with E-state index in [2.05, 4.69) is 5.32 Å². The first-order valence-electron chi connectivity index (χ1n) is 7.66. The number of hydrogen-bond acceptors (Lipinski definition) is 4. The summed E-state index contributed by atoms with van der Waals surface area (Å²) in [5.74, 6) is -0.210. The fraction of sp³-hybridized carbons (Fsp3) is 0.278. The molecule has 0 fully saturated rings. The number of carbonyl (C=O) groups excluding carboxylic acids is 1. The first-order valence-corrected chi connectivity index (χ1v) is 7.66. The summed E-state index contributed by atoms with van der Waals surface area (Å²) in [6, 6.07) is 15.4. The fourth-order valence-corrected chi connectivity index (χ4v) is 2.34. The van der Waals surface area contributed by atoms with Crippen LogP contribution in [0.3, 0.4) is 0 Å². The number of amides is 1. The monoisotopic (exact) mass is 328 g/mol. The molecule has 1 unspecified atom stereocenters. The topological polar surface area (TPSA) is 92.5 Å². The van der Waals surface area contributed by atoms with E-state index in [0.717, 1.165) is 11.1 Å². The van der Waals surface area contributed by atoms with Crippen molar-refractivity contribution in [3.8, 4) is 0 Å². The van der Waals surface area contributed by atoms with Crippen molar-refractivity contribution < 1.29 is 14.8 Å². The van der Waals surface area contributed by atoms with Crippen LogP contribution in [0.2, 0.25) is 0 Å². The summed E-state index contributed by atoms with van der Waals surface area (Å²) in [5, 5.41) is 23.9. The van der Waals surface area contributed by atoms with Crippen LogP contribution in [0.1, 0.15) is 24.5 Å². The van der Waals surface area contributed by atoms with Crippen molar-refractivity contribution in [3.05, 3.63) is 75.8 Å². The van der Waals surface area contributed by atoms with Crippen molar-refractivity contribution >= 4 is 11.6 Å². The number of nitro groups is 1. The number of rotatable bonds is 7. The molecule has 0 aliphatic heterocycles. The zero-order valence-corrected chi connectivity index (χ0v) is 13.4. The number of aryl methyl sites for hydroxylation is 1. The summed E-state index contributed by atoms with van der Waals surface area (Å²) in [6.45, 7) is 1.74. The number of non-ortho nitro benzene ring substituents is 1. The quantitative estimate of drug-likeness (QED) is 0.603. The molecule has 2 aromatic rings. The molecule has 6 nitrogen and oxygen atoms in total. The van der Waals surface area contributed by atoms with Gasteiger partial charge in [0.25, 0.3) is 5.69 Å². The standard InChI is InChI=1S/C18H20N2O4/c1-18(22,15-7-3-2-4-8-15)13-19-17(21)11-10-14-6-5-9-16(12-14)20(23)24/h2-9,12,22H,10-11,13H2,1H3,(H,19,21). The molecule has 0 radical (unpaired) electrons. The summed E-state index contributed by atoms with van der Waals surface area (Å²) in [6.07, 6.45) is 0.604. The van der Waals surface area contributed by atoms with Gasteiger partial charge in [-0.3, -0.25) is 14.9 Å². The Hall–Kier alpha value is -2.73. The molecule has 0 bridgehead atoms. The van der Waals surface area contributed by atoms with Gasteiger partial charge in [0, 0.05) is 18.6 Å². The second-order valence-corrected chi connectivity index (χ2v) is 5.84. The van der Waals surface area contributed by atoms with Crippen LogP contribution in [-0.2, 0) is 16.8 Å². The fourth-order valence-electron chi connectivity index (χ4n) is 2.34. The zero-order valence-electron chi connectivity index (χ0n) is 13.4. The Morgan fingerprint density at radius 1 is 1.21 bits per heavy atom. The van der Waals surface area contributed by atoms with Gasteiger partial charge < -0.3 is 10.4 Å². The minimum atomic E-state index is -1.15. The van der Waals surface area contributed by atoms with Gasteiger partial charge in [0.15, 0.2) is 0 Å². The van der Waals surface area contributed by atoms with Crippen molar-refractivity contribution in [3.63, 3.8) is 0 Å². The first-order chi connectivity index (χ1) is 11.4. The van der Waals surface area contributed by atoms with Gasteiger partial charge in [-0.1, -0.05) is 42.5 Å². The average molecular weight is 328 g/mol. The van der Waals surface area contributed by atoms with Crippen LogP contribution in [0.4, 0.5) is 5.69 Å². The van der Waals surface area contributed by atoms with Crippen LogP contribution in [0.5, 0.6) is 0 Å². The smallest absolute Gasteiger partial charge is 0.269 e. The van der Waals surface area contributed by atoms with Gasteiger partial charge >= 0.3 is 0 Å². The number of nitro benzene ring substituents is 1. The van der Waals surface area contributed by atoms with Crippen LogP contribution in [0.15, 0.2) is 54.6 Å². The molecule has 0 spiro atoms. The van der Waals surface area contributed by atoms with Crippen molar-refractivity contribution in [1.82, 2.24) is 5.32 Å². The van der Waals surface area contributed by atoms with E-state index in [1.54, 1.807) is 31.2 Å². The van der Waals surface area contributed by atoms with Gasteiger partial charge in [0.05, 0.1) is 11.5 Å². The zero-order chi connectivity index (χ0) is 17.6. The molecule has 0 saturated heterocycles. The summed E-state index contributed by atoms with van der Waals surface area (Å²) in [4.78, 5) is 22.2. The summed E-state index contributed by atoms with van der Waals surface area (Å²) < 4.78 is 0. The number of hydrogen-bond donors (Lipinski definition) is 2. The lowest BCUT2D eigenvalue weighted by atomic mass is 9.96. The highest BCUT2D eigenvalue weighted by Crippen LogP contribution is 2.19. The number of nitrogens with zero attached hydrogens (tertiary/aromatic N) is 1. The number of aliphatic hydroxyl groups is 1. The molecule has 0 aromatic heterocycles. The Labute approximate surface area is 140 Å². The number of nitrogens with one attached hydrogen (secondary N) is 1. The Morgan fingerprint density at radius 2 is 1.92 bits per heavy atom. The molecule has 0 aliphatic rings. The maximum Gasteiger partial charge on any atom is 0.269 e. The molecular formula is C18H20N2O4. The Balaban J connectivity index is 1.85. The second-order valence-electron chi connectivity index (χ2n) is 5.84. The first kappa shape index (κ1) is 17.6. The van der Waals surface area contributed by atoms with Crippen molar-refractivity contribution in [2.24, 2.45) is 0 Å². The van der Waals surface area contributed by atoms with E-state index in [0.29, 0.717) is 6.42 Å². The minimum Gasteiger partial charge on any atom is -0.384 e. The largest absolute Gasteiger partial charge is 0.384 e. The van der Waals surface area contributed by atoms with Crippen molar-refractivity contribution in [2.45, 2.75) is 25.4 Å². The third kappa shape index (κ3) is 4.89. The molecule has 0 heterocycles. The van der Waals surface area contributed by atoms with Crippen LogP contribution in [0, 0.1) is 10.1 Å². The Morgan fingerprint density at radius 3 is 2.58 bits per heavy atom. The van der Waals surface area contributed by atoms with E-state index in [4.69, 9.17) is 0 Å². The summed E-state index contributed by atoms with van der Waals surface area (Å²) in [7, 11) is 0. The van der Waals surface area contributed by atoms with E-state index < -0.39 is 10.5 Å². The number of carbonyl (C=O) groups is 1. The minimum absolute atomic E-state index is 0.0138. The second kappa shape index (κ2) is 7.70. The van der Waals surface area contributed by atoms with Crippen molar-refractivity contribution in [2.75, 3.05) is 6.54 Å². The SMILES string of the molecule is CC(O)(CNC(=O)CCc1cccc([N+](=O)[O-])c1)c1ccccc1. The molecule has 6 heteroatoms. The highest BCUT2D eigenvalue weighted by molar-refractivity contribution is 5.76. The Kier molecular flexibility index (Phi) is 5.65. The van der Waals surface area contributed by atoms with Crippen LogP contribution in [-0.4, -0.2) is 22.5 Å². The summed E-state index contributed by atoms with van der Waals surface area (Å²) >= 11 is 0. The van der Waals surface area contributed by atoms with Crippen LogP contribution in [0.25, 0.3) is 0 Å². The predicted molar refractivity (Wildman–Crippen MR) is 90.4 cm³/mol. The highest BCUT2D eigenvalue weighted by atomic mass is 16.6. The van der Waals surface area contributed by atoms with Gasteiger partial charge in [-0.25, -0.2) is 0 Å². The lowest BCUT2D eigenvalue weighted by Crippen LogP contribution is -2.38. The van der Waals surface area contributed by atoms with E-state index in [-0.39, 0.29) is 24.6 Å². The molecular weight excluding hydrogens is 308 g/mol. The maximum absolute atomic E-state index is 12.0. The molecule has 1 atom stereocenters. The van der Waals surface area contributed by atoms with Gasteiger partial charge in [0.1, 0.15) is 5.60 Å². The van der Waals surface area contributed by atoms with Gasteiger partial charge in [-0.05, 0) is 24.5 Å². The van der Waals surface area contributed by atoms with E-state index in [1.165, 1.54) is 12.1 Å². The third-order valence-electron chi connectivity index (χ3n) is 3.79. The lowest BCUT2D eigenvalue weighted by Gasteiger charge is -2.24. The van der Waals surface area contributed by atoms with Crippen LogP contribution >= 0.6 is 0 Å². The van der Waals surface area contributed by atoms with Crippen LogP contribution < -0.4 is 5.32 Å². The molecule has 2 N–H and O–H groups in total. The average Bonchev–Trinajstić information content (AvgIpc) is 2.59. The van der Waals surface area contributed by atoms with E-state index in [9.17, 15) is 20.0 Å². The predicted octanol–water partition coefficient (Wildman–Crippen LogP) is 2.55. The Bertz CT molecular complexity index is 714. The molecule has 1 amide bonds. The third-order valence-corrected chi connectivity index (χ3v) is 3.79. The molecule has 0 aliphatic carbocycles. The maximum atomic E-state index is 12.0. The highest BCUT2D eigenvalue weighted by Gasteiger charge is 2.23. The molecule has 126 valence electrons. The van der Waals surface area contributed by atoms with Crippen molar-refractivity contribution in [1.29, 1.82) is 0 Å². The van der Waals surface area contributed by atoms with Gasteiger partial charge in [-0.2, -0.15) is 0 Å². The van der Waals surface area contributed by atoms with E-state index in [1.807, 2.05) is 18.2 Å². The molecule has 24 heavy (non-hydrogen) atoms. The lowest BCUT2D eigenvalue weighted by molar-refractivity contribution is -0.384. The normalized spacial score (nSPS) is 13.1.